The Kier molecular flexibility index (Phi) is 8.30. The van der Waals surface area contributed by atoms with E-state index in [1.807, 2.05) is 24.3 Å². The fourth-order valence-electron chi connectivity index (χ4n) is 5.86. The first kappa shape index (κ1) is 25.5. The van der Waals surface area contributed by atoms with Crippen molar-refractivity contribution in [1.29, 1.82) is 0 Å². The number of hydrogen-bond acceptors (Lipinski definition) is 4. The predicted molar refractivity (Wildman–Crippen MR) is 133 cm³/mol. The van der Waals surface area contributed by atoms with Crippen LogP contribution < -0.4 is 9.47 Å². The maximum absolute atomic E-state index is 14.6. The number of halogens is 1. The average Bonchev–Trinajstić information content (AvgIpc) is 3.67. The van der Waals surface area contributed by atoms with Crippen molar-refractivity contribution in [2.24, 2.45) is 23.7 Å². The molecule has 0 bridgehead atoms. The molecule has 0 amide bonds. The molecule has 0 spiro atoms. The summed E-state index contributed by atoms with van der Waals surface area (Å²) >= 11 is 0. The van der Waals surface area contributed by atoms with Gasteiger partial charge in [0.2, 0.25) is 5.88 Å². The van der Waals surface area contributed by atoms with E-state index in [4.69, 9.17) is 9.47 Å². The number of carbonyl (C=O) groups is 1. The van der Waals surface area contributed by atoms with Crippen LogP contribution in [-0.4, -0.2) is 29.8 Å². The molecule has 2 saturated carbocycles. The number of rotatable bonds is 11. The second kappa shape index (κ2) is 11.4. The fourth-order valence-corrected chi connectivity index (χ4v) is 5.86. The minimum atomic E-state index is -0.746. The van der Waals surface area contributed by atoms with Crippen LogP contribution in [-0.2, 0) is 4.79 Å². The standard InChI is InChI=1S/C29H38FNO4/c1-18(2)11-23-12-21(26-14-28(34-3)31-16-27(26)30)9-10-22(23)17-35-24-6-4-5-20(13-24)25(15-29(32)33)19-7-8-19/h4-6,13-14,16,18-19,21-23,25H,7-12,15,17H2,1-3H3,(H,32,33). The summed E-state index contributed by atoms with van der Waals surface area (Å²) in [5.41, 5.74) is 1.78. The van der Waals surface area contributed by atoms with Crippen molar-refractivity contribution < 1.29 is 23.8 Å². The number of ether oxygens (including phenoxy) is 2. The fraction of sp³-hybridized carbons (Fsp3) is 0.586. The van der Waals surface area contributed by atoms with Gasteiger partial charge >= 0.3 is 5.97 Å². The summed E-state index contributed by atoms with van der Waals surface area (Å²) in [6, 6.07) is 9.76. The van der Waals surface area contributed by atoms with Crippen molar-refractivity contribution in [3.8, 4) is 11.6 Å². The maximum atomic E-state index is 14.6. The summed E-state index contributed by atoms with van der Waals surface area (Å²) in [6.07, 6.45) is 7.55. The Labute approximate surface area is 208 Å². The summed E-state index contributed by atoms with van der Waals surface area (Å²) in [6.45, 7) is 5.10. The van der Waals surface area contributed by atoms with Gasteiger partial charge in [-0.2, -0.15) is 0 Å². The Morgan fingerprint density at radius 2 is 1.97 bits per heavy atom. The number of hydrogen-bond donors (Lipinski definition) is 1. The predicted octanol–water partition coefficient (Wildman–Crippen LogP) is 6.82. The third-order valence-corrected chi connectivity index (χ3v) is 7.76. The van der Waals surface area contributed by atoms with Crippen LogP contribution >= 0.6 is 0 Å². The number of pyridine rings is 1. The summed E-state index contributed by atoms with van der Waals surface area (Å²) in [5.74, 6) is 2.37. The van der Waals surface area contributed by atoms with E-state index in [-0.39, 0.29) is 24.1 Å². The van der Waals surface area contributed by atoms with Gasteiger partial charge in [-0.25, -0.2) is 9.37 Å². The molecule has 1 aromatic carbocycles. The lowest BCUT2D eigenvalue weighted by molar-refractivity contribution is -0.137. The molecular weight excluding hydrogens is 445 g/mol. The molecule has 1 heterocycles. The van der Waals surface area contributed by atoms with E-state index >= 15 is 0 Å². The molecule has 0 aliphatic heterocycles. The van der Waals surface area contributed by atoms with Crippen LogP contribution in [0.1, 0.15) is 81.8 Å². The molecule has 2 fully saturated rings. The first-order valence-corrected chi connectivity index (χ1v) is 13.0. The highest BCUT2D eigenvalue weighted by molar-refractivity contribution is 5.68. The number of carboxylic acids is 1. The molecule has 2 aliphatic carbocycles. The van der Waals surface area contributed by atoms with Gasteiger partial charge in [0.15, 0.2) is 0 Å². The van der Waals surface area contributed by atoms with E-state index in [0.717, 1.165) is 49.8 Å². The Bertz CT molecular complexity index is 1010. The summed E-state index contributed by atoms with van der Waals surface area (Å²) < 4.78 is 26.1. The van der Waals surface area contributed by atoms with Crippen LogP contribution in [0.3, 0.4) is 0 Å². The topological polar surface area (TPSA) is 68.7 Å². The van der Waals surface area contributed by atoms with Gasteiger partial charge in [-0.05, 0) is 97.3 Å². The van der Waals surface area contributed by atoms with Gasteiger partial charge in [0, 0.05) is 6.07 Å². The molecule has 2 aromatic rings. The highest BCUT2D eigenvalue weighted by Crippen LogP contribution is 2.46. The minimum Gasteiger partial charge on any atom is -0.493 e. The number of nitrogens with zero attached hydrogens (tertiary/aromatic N) is 1. The molecule has 4 rings (SSSR count). The quantitative estimate of drug-likeness (QED) is 0.380. The molecule has 1 N–H and O–H groups in total. The lowest BCUT2D eigenvalue weighted by Crippen LogP contribution is -2.30. The number of aromatic nitrogens is 1. The third kappa shape index (κ3) is 6.74. The largest absolute Gasteiger partial charge is 0.493 e. The highest BCUT2D eigenvalue weighted by atomic mass is 19.1. The molecule has 4 unspecified atom stereocenters. The molecule has 5 nitrogen and oxygen atoms in total. The van der Waals surface area contributed by atoms with E-state index in [1.165, 1.54) is 6.20 Å². The molecule has 0 radical (unpaired) electrons. The Morgan fingerprint density at radius 1 is 1.17 bits per heavy atom. The van der Waals surface area contributed by atoms with Crippen LogP contribution in [0.2, 0.25) is 0 Å². The van der Waals surface area contributed by atoms with Gasteiger partial charge in [0.1, 0.15) is 11.6 Å². The van der Waals surface area contributed by atoms with Gasteiger partial charge in [0.05, 0.1) is 26.3 Å². The molecule has 6 heteroatoms. The average molecular weight is 484 g/mol. The van der Waals surface area contributed by atoms with Gasteiger partial charge in [-0.3, -0.25) is 4.79 Å². The summed E-state index contributed by atoms with van der Waals surface area (Å²) in [5, 5.41) is 9.35. The molecule has 35 heavy (non-hydrogen) atoms. The first-order chi connectivity index (χ1) is 16.8. The maximum Gasteiger partial charge on any atom is 0.303 e. The highest BCUT2D eigenvalue weighted by Gasteiger charge is 2.35. The molecule has 4 atom stereocenters. The second-order valence-electron chi connectivity index (χ2n) is 10.8. The van der Waals surface area contributed by atoms with Crippen LogP contribution in [0.25, 0.3) is 0 Å². The normalized spacial score (nSPS) is 23.2. The second-order valence-corrected chi connectivity index (χ2v) is 10.8. The van der Waals surface area contributed by atoms with Crippen LogP contribution in [0, 0.1) is 29.5 Å². The lowest BCUT2D eigenvalue weighted by atomic mass is 9.69. The van der Waals surface area contributed by atoms with Crippen molar-refractivity contribution in [2.75, 3.05) is 13.7 Å². The molecule has 190 valence electrons. The van der Waals surface area contributed by atoms with Crippen LogP contribution in [0.15, 0.2) is 36.5 Å². The Morgan fingerprint density at radius 3 is 2.66 bits per heavy atom. The number of methoxy groups -OCH3 is 1. The lowest BCUT2D eigenvalue weighted by Gasteiger charge is -2.37. The van der Waals surface area contributed by atoms with Crippen LogP contribution in [0.5, 0.6) is 11.6 Å². The van der Waals surface area contributed by atoms with Crippen molar-refractivity contribution in [2.45, 2.75) is 70.6 Å². The Balaban J connectivity index is 1.43. The monoisotopic (exact) mass is 483 g/mol. The molecule has 2 aliphatic rings. The first-order valence-electron chi connectivity index (χ1n) is 13.0. The van der Waals surface area contributed by atoms with E-state index in [9.17, 15) is 14.3 Å². The zero-order chi connectivity index (χ0) is 24.9. The van der Waals surface area contributed by atoms with Gasteiger partial charge < -0.3 is 14.6 Å². The number of carboxylic acid groups (broad SMARTS) is 1. The van der Waals surface area contributed by atoms with E-state index in [1.54, 1.807) is 13.2 Å². The summed E-state index contributed by atoms with van der Waals surface area (Å²) in [7, 11) is 1.56. The molecule has 0 saturated heterocycles. The molecular formula is C29H38FNO4. The summed E-state index contributed by atoms with van der Waals surface area (Å²) in [4.78, 5) is 15.4. The smallest absolute Gasteiger partial charge is 0.303 e. The van der Waals surface area contributed by atoms with Gasteiger partial charge in [-0.15, -0.1) is 0 Å². The number of aliphatic carboxylic acids is 1. The zero-order valence-corrected chi connectivity index (χ0v) is 21.1. The molecule has 1 aromatic heterocycles. The van der Waals surface area contributed by atoms with Gasteiger partial charge in [-0.1, -0.05) is 26.0 Å². The van der Waals surface area contributed by atoms with Crippen molar-refractivity contribution in [3.63, 3.8) is 0 Å². The van der Waals surface area contributed by atoms with Crippen LogP contribution in [0.4, 0.5) is 4.39 Å². The van der Waals surface area contributed by atoms with E-state index < -0.39 is 5.97 Å². The van der Waals surface area contributed by atoms with Crippen molar-refractivity contribution in [1.82, 2.24) is 4.98 Å². The van der Waals surface area contributed by atoms with E-state index in [2.05, 4.69) is 18.8 Å². The third-order valence-electron chi connectivity index (χ3n) is 7.76. The Hall–Kier alpha value is -2.63. The SMILES string of the molecule is COc1cc(C2CCC(COc3cccc(C(CC(=O)O)C4CC4)c3)C(CC(C)C)C2)c(F)cn1. The van der Waals surface area contributed by atoms with Crippen molar-refractivity contribution >= 4 is 5.97 Å². The van der Waals surface area contributed by atoms with E-state index in [0.29, 0.717) is 41.7 Å². The zero-order valence-electron chi connectivity index (χ0n) is 21.1. The minimum absolute atomic E-state index is 0.0624. The van der Waals surface area contributed by atoms with Crippen molar-refractivity contribution in [3.05, 3.63) is 53.5 Å². The van der Waals surface area contributed by atoms with Gasteiger partial charge in [0.25, 0.3) is 0 Å². The number of benzene rings is 1.